The fourth-order valence-electron chi connectivity index (χ4n) is 1.35. The van der Waals surface area contributed by atoms with Crippen LogP contribution in [0.2, 0.25) is 0 Å². The van der Waals surface area contributed by atoms with Gasteiger partial charge in [-0.3, -0.25) is 4.57 Å². The molecule has 0 saturated carbocycles. The van der Waals surface area contributed by atoms with Gasteiger partial charge in [0, 0.05) is 19.4 Å². The van der Waals surface area contributed by atoms with Gasteiger partial charge in [-0.15, -0.1) is 10.2 Å². The van der Waals surface area contributed by atoms with E-state index in [0.29, 0.717) is 16.3 Å². The number of aryl methyl sites for hydroxylation is 1. The predicted molar refractivity (Wildman–Crippen MR) is 66.5 cm³/mol. The van der Waals surface area contributed by atoms with Crippen LogP contribution >= 0.6 is 11.8 Å². The molecule has 0 spiro atoms. The molecule has 0 unspecified atom stereocenters. The molecule has 9 nitrogen and oxygen atoms in total. The minimum absolute atomic E-state index is 0.142. The molecule has 0 fully saturated rings. The minimum Gasteiger partial charge on any atom is -0.368 e. The van der Waals surface area contributed by atoms with Crippen LogP contribution < -0.4 is 5.73 Å². The number of hydrogen-bond donors (Lipinski definition) is 1. The molecule has 0 aliphatic rings. The zero-order chi connectivity index (χ0) is 13.2. The smallest absolute Gasteiger partial charge is 0.240 e. The maximum absolute atomic E-state index is 5.68. The van der Waals surface area contributed by atoms with E-state index >= 15 is 0 Å². The molecule has 10 heteroatoms. The van der Waals surface area contributed by atoms with E-state index in [1.807, 2.05) is 7.05 Å². The van der Waals surface area contributed by atoms with Crippen molar-refractivity contribution >= 4 is 17.7 Å². The van der Waals surface area contributed by atoms with Crippen LogP contribution in [0.3, 0.4) is 0 Å². The number of aromatic nitrogens is 8. The molecule has 0 aliphatic carbocycles. The van der Waals surface area contributed by atoms with Gasteiger partial charge in [-0.2, -0.15) is 15.0 Å². The van der Waals surface area contributed by atoms with Crippen LogP contribution in [0.25, 0.3) is 5.95 Å². The fourth-order valence-corrected chi connectivity index (χ4v) is 2.06. The summed E-state index contributed by atoms with van der Waals surface area (Å²) in [5.74, 6) is 0.554. The van der Waals surface area contributed by atoms with Gasteiger partial charge in [-0.1, -0.05) is 0 Å². The minimum atomic E-state index is 0.142. The average molecular weight is 275 g/mol. The molecule has 3 aromatic rings. The van der Waals surface area contributed by atoms with Crippen molar-refractivity contribution in [2.75, 3.05) is 5.73 Å². The van der Waals surface area contributed by atoms with Crippen molar-refractivity contribution in [3.05, 3.63) is 25.0 Å². The first-order valence-corrected chi connectivity index (χ1v) is 6.06. The van der Waals surface area contributed by atoms with Crippen LogP contribution in [0.15, 0.2) is 35.4 Å². The summed E-state index contributed by atoms with van der Waals surface area (Å²) < 4.78 is 3.42. The Labute approximate surface area is 111 Å². The molecule has 0 bridgehead atoms. The van der Waals surface area contributed by atoms with Gasteiger partial charge in [0.2, 0.25) is 17.1 Å². The Morgan fingerprint density at radius 2 is 2.11 bits per heavy atom. The van der Waals surface area contributed by atoms with Gasteiger partial charge in [0.1, 0.15) is 12.7 Å². The van der Waals surface area contributed by atoms with E-state index in [9.17, 15) is 0 Å². The second kappa shape index (κ2) is 4.65. The Bertz CT molecular complexity index is 690. The van der Waals surface area contributed by atoms with Gasteiger partial charge < -0.3 is 10.3 Å². The van der Waals surface area contributed by atoms with E-state index in [-0.39, 0.29) is 5.95 Å². The number of anilines is 1. The normalized spacial score (nSPS) is 10.8. The van der Waals surface area contributed by atoms with Gasteiger partial charge in [0.15, 0.2) is 5.16 Å². The zero-order valence-corrected chi connectivity index (χ0v) is 10.7. The number of hydrogen-bond acceptors (Lipinski definition) is 8. The molecule has 0 radical (unpaired) electrons. The third kappa shape index (κ3) is 2.38. The van der Waals surface area contributed by atoms with Crippen molar-refractivity contribution in [1.82, 2.24) is 39.3 Å². The molecule has 0 aromatic carbocycles. The van der Waals surface area contributed by atoms with Crippen molar-refractivity contribution in [3.8, 4) is 5.95 Å². The molecule has 0 saturated heterocycles. The van der Waals surface area contributed by atoms with Crippen molar-refractivity contribution < 1.29 is 0 Å². The van der Waals surface area contributed by atoms with Crippen molar-refractivity contribution in [2.45, 2.75) is 10.3 Å². The first-order chi connectivity index (χ1) is 9.22. The van der Waals surface area contributed by atoms with Gasteiger partial charge in [0.25, 0.3) is 0 Å². The van der Waals surface area contributed by atoms with E-state index in [4.69, 9.17) is 5.73 Å². The molecule has 3 heterocycles. The van der Waals surface area contributed by atoms with Gasteiger partial charge in [-0.25, -0.2) is 4.98 Å². The fraction of sp³-hybridized carbons (Fsp3) is 0.111. The Kier molecular flexibility index (Phi) is 2.83. The van der Waals surface area contributed by atoms with Crippen LogP contribution in [-0.2, 0) is 7.05 Å². The summed E-state index contributed by atoms with van der Waals surface area (Å²) in [7, 11) is 1.84. The van der Waals surface area contributed by atoms with E-state index in [1.165, 1.54) is 11.8 Å². The number of rotatable bonds is 3. The topological polar surface area (TPSA) is 113 Å². The van der Waals surface area contributed by atoms with Gasteiger partial charge in [0.05, 0.1) is 0 Å². The van der Waals surface area contributed by atoms with E-state index in [0.717, 1.165) is 0 Å². The number of imidazole rings is 1. The number of nitrogens with zero attached hydrogens (tertiary/aromatic N) is 8. The lowest BCUT2D eigenvalue weighted by atomic mass is 10.8. The van der Waals surface area contributed by atoms with Crippen LogP contribution in [-0.4, -0.2) is 39.3 Å². The first-order valence-electron chi connectivity index (χ1n) is 5.24. The molecular formula is C9H9N9S. The van der Waals surface area contributed by atoms with Crippen LogP contribution in [0.1, 0.15) is 0 Å². The second-order valence-electron chi connectivity index (χ2n) is 3.57. The molecule has 3 aromatic heterocycles. The summed E-state index contributed by atoms with van der Waals surface area (Å²) in [6.45, 7) is 0. The monoisotopic (exact) mass is 275 g/mol. The van der Waals surface area contributed by atoms with Crippen LogP contribution in [0.4, 0.5) is 5.95 Å². The Morgan fingerprint density at radius 3 is 2.79 bits per heavy atom. The highest BCUT2D eigenvalue weighted by Gasteiger charge is 2.10. The van der Waals surface area contributed by atoms with E-state index in [2.05, 4.69) is 30.1 Å². The molecule has 2 N–H and O–H groups in total. The lowest BCUT2D eigenvalue weighted by molar-refractivity contribution is 0.777. The summed E-state index contributed by atoms with van der Waals surface area (Å²) in [6.07, 6.45) is 6.55. The molecule has 0 atom stereocenters. The average Bonchev–Trinajstić information content (AvgIpc) is 3.01. The van der Waals surface area contributed by atoms with Crippen LogP contribution in [0, 0.1) is 0 Å². The second-order valence-corrected chi connectivity index (χ2v) is 4.51. The maximum Gasteiger partial charge on any atom is 0.240 e. The summed E-state index contributed by atoms with van der Waals surface area (Å²) in [5, 5.41) is 8.86. The summed E-state index contributed by atoms with van der Waals surface area (Å²) in [5.41, 5.74) is 5.68. The highest BCUT2D eigenvalue weighted by atomic mass is 32.2. The summed E-state index contributed by atoms with van der Waals surface area (Å²) in [6, 6.07) is 0. The highest BCUT2D eigenvalue weighted by molar-refractivity contribution is 7.99. The summed E-state index contributed by atoms with van der Waals surface area (Å²) >= 11 is 1.26. The van der Waals surface area contributed by atoms with Crippen LogP contribution in [0.5, 0.6) is 0 Å². The maximum atomic E-state index is 5.68. The Morgan fingerprint density at radius 1 is 1.21 bits per heavy atom. The lowest BCUT2D eigenvalue weighted by Crippen LogP contribution is -2.06. The third-order valence-electron chi connectivity index (χ3n) is 2.21. The molecular weight excluding hydrogens is 266 g/mol. The Balaban J connectivity index is 1.96. The molecule has 96 valence electrons. The quantitative estimate of drug-likeness (QED) is 0.706. The molecule has 0 aliphatic heterocycles. The third-order valence-corrected chi connectivity index (χ3v) is 3.13. The zero-order valence-electron chi connectivity index (χ0n) is 9.87. The standard InChI is InChI=1S/C9H9N9S/c1-17-5-12-16-9(17)19-8-14-6(10)13-7(15-8)18-3-2-11-4-18/h2-5H,1H3,(H2,10,13,14,15). The van der Waals surface area contributed by atoms with Gasteiger partial charge in [-0.05, 0) is 11.8 Å². The SMILES string of the molecule is Cn1cnnc1Sc1nc(N)nc(-n2ccnc2)n1. The summed E-state index contributed by atoms with van der Waals surface area (Å²) in [4.78, 5) is 16.3. The van der Waals surface area contributed by atoms with Gasteiger partial charge >= 0.3 is 0 Å². The molecule has 3 rings (SSSR count). The number of nitrogen functional groups attached to an aromatic ring is 1. The first kappa shape index (κ1) is 11.6. The number of nitrogens with two attached hydrogens (primary N) is 1. The van der Waals surface area contributed by atoms with Crippen molar-refractivity contribution in [3.63, 3.8) is 0 Å². The van der Waals surface area contributed by atoms with Crippen molar-refractivity contribution in [2.24, 2.45) is 7.05 Å². The molecule has 19 heavy (non-hydrogen) atoms. The lowest BCUT2D eigenvalue weighted by Gasteiger charge is -2.04. The highest BCUT2D eigenvalue weighted by Crippen LogP contribution is 2.22. The molecule has 0 amide bonds. The van der Waals surface area contributed by atoms with E-state index < -0.39 is 0 Å². The van der Waals surface area contributed by atoms with Crippen molar-refractivity contribution in [1.29, 1.82) is 0 Å². The largest absolute Gasteiger partial charge is 0.368 e. The Hall–Kier alpha value is -2.49. The predicted octanol–water partition coefficient (Wildman–Crippen LogP) is -0.0808. The van der Waals surface area contributed by atoms with E-state index in [1.54, 1.807) is 34.2 Å².